The van der Waals surface area contributed by atoms with Gasteiger partial charge in [-0.2, -0.15) is 0 Å². The third-order valence-electron chi connectivity index (χ3n) is 2.74. The third kappa shape index (κ3) is 4.70. The average Bonchev–Trinajstić information content (AvgIpc) is 2.36. The van der Waals surface area contributed by atoms with Crippen LogP contribution in [0.3, 0.4) is 0 Å². The lowest BCUT2D eigenvalue weighted by Crippen LogP contribution is -2.43. The van der Waals surface area contributed by atoms with Crippen molar-refractivity contribution in [3.63, 3.8) is 0 Å². The lowest BCUT2D eigenvalue weighted by Gasteiger charge is -2.29. The Labute approximate surface area is 129 Å². The van der Waals surface area contributed by atoms with E-state index in [1.54, 1.807) is 40.7 Å². The number of nitro benzene ring substituents is 1. The molecule has 2 N–H and O–H groups in total. The van der Waals surface area contributed by atoms with Gasteiger partial charge >= 0.3 is 5.97 Å². The predicted octanol–water partition coefficient (Wildman–Crippen LogP) is 2.55. The maximum Gasteiger partial charge on any atom is 0.350 e. The Morgan fingerprint density at radius 1 is 1.27 bits per heavy atom. The van der Waals surface area contributed by atoms with Crippen LogP contribution in [0.2, 0.25) is 0 Å². The summed E-state index contributed by atoms with van der Waals surface area (Å²) in [6, 6.07) is 4.31. The van der Waals surface area contributed by atoms with Crippen LogP contribution in [0.1, 0.15) is 40.2 Å². The SMILES string of the molecule is CC(C)(C)OC(=O)C(C)(C)Oc1ccc(CN)c([N+](=O)[O-])c1. The van der Waals surface area contributed by atoms with Gasteiger partial charge in [-0.15, -0.1) is 0 Å². The Morgan fingerprint density at radius 2 is 1.86 bits per heavy atom. The van der Waals surface area contributed by atoms with Crippen LogP contribution < -0.4 is 10.5 Å². The smallest absolute Gasteiger partial charge is 0.350 e. The fourth-order valence-electron chi connectivity index (χ4n) is 1.69. The number of ether oxygens (including phenoxy) is 2. The van der Waals surface area contributed by atoms with Gasteiger partial charge in [0.2, 0.25) is 0 Å². The summed E-state index contributed by atoms with van der Waals surface area (Å²) >= 11 is 0. The quantitative estimate of drug-likeness (QED) is 0.509. The van der Waals surface area contributed by atoms with Gasteiger partial charge in [-0.1, -0.05) is 0 Å². The van der Waals surface area contributed by atoms with E-state index in [2.05, 4.69) is 0 Å². The first-order valence-electron chi connectivity index (χ1n) is 6.86. The molecule has 22 heavy (non-hydrogen) atoms. The van der Waals surface area contributed by atoms with Crippen molar-refractivity contribution in [1.29, 1.82) is 0 Å². The molecule has 0 spiro atoms. The van der Waals surface area contributed by atoms with Gasteiger partial charge in [-0.05, 0) is 46.8 Å². The lowest BCUT2D eigenvalue weighted by atomic mass is 10.1. The van der Waals surface area contributed by atoms with Gasteiger partial charge in [0.05, 0.1) is 11.0 Å². The van der Waals surface area contributed by atoms with Gasteiger partial charge in [-0.25, -0.2) is 4.79 Å². The van der Waals surface area contributed by atoms with E-state index < -0.39 is 22.1 Å². The zero-order valence-corrected chi connectivity index (χ0v) is 13.5. The standard InChI is InChI=1S/C15H22N2O5/c1-14(2,3)22-13(18)15(4,5)21-11-7-6-10(9-16)12(8-11)17(19)20/h6-8H,9,16H2,1-5H3. The summed E-state index contributed by atoms with van der Waals surface area (Å²) in [5, 5.41) is 11.0. The van der Waals surface area contributed by atoms with Crippen molar-refractivity contribution in [2.45, 2.75) is 52.4 Å². The molecule has 0 aliphatic rings. The molecule has 1 aromatic carbocycles. The fourth-order valence-corrected chi connectivity index (χ4v) is 1.69. The second-order valence-electron chi connectivity index (χ2n) is 6.37. The van der Waals surface area contributed by atoms with Gasteiger partial charge in [-0.3, -0.25) is 10.1 Å². The molecule has 1 aromatic rings. The van der Waals surface area contributed by atoms with Crippen LogP contribution in [0.5, 0.6) is 5.75 Å². The van der Waals surface area contributed by atoms with Gasteiger partial charge < -0.3 is 15.2 Å². The van der Waals surface area contributed by atoms with E-state index in [9.17, 15) is 14.9 Å². The van der Waals surface area contributed by atoms with Crippen LogP contribution in [0.15, 0.2) is 18.2 Å². The number of hydrogen-bond donors (Lipinski definition) is 1. The summed E-state index contributed by atoms with van der Waals surface area (Å²) in [7, 11) is 0. The number of hydrogen-bond acceptors (Lipinski definition) is 6. The molecule has 0 atom stereocenters. The van der Waals surface area contributed by atoms with Gasteiger partial charge in [0.25, 0.3) is 5.69 Å². The topological polar surface area (TPSA) is 105 Å². The molecule has 0 amide bonds. The minimum Gasteiger partial charge on any atom is -0.476 e. The average molecular weight is 310 g/mol. The Bertz CT molecular complexity index is 576. The van der Waals surface area contributed by atoms with Crippen LogP contribution in [-0.2, 0) is 16.1 Å². The molecule has 1 rings (SSSR count). The Hall–Kier alpha value is -2.15. The van der Waals surface area contributed by atoms with E-state index in [1.165, 1.54) is 12.1 Å². The second kappa shape index (κ2) is 6.31. The van der Waals surface area contributed by atoms with Crippen molar-refractivity contribution in [2.24, 2.45) is 5.73 Å². The maximum atomic E-state index is 12.1. The minimum atomic E-state index is -1.27. The largest absolute Gasteiger partial charge is 0.476 e. The number of rotatable bonds is 5. The van der Waals surface area contributed by atoms with Crippen molar-refractivity contribution < 1.29 is 19.2 Å². The Balaban J connectivity index is 3.00. The molecule has 0 aliphatic carbocycles. The molecule has 0 saturated carbocycles. The number of carbonyl (C=O) groups is 1. The molecule has 7 heteroatoms. The molecule has 0 unspecified atom stereocenters. The van der Waals surface area contributed by atoms with Crippen molar-refractivity contribution in [1.82, 2.24) is 0 Å². The zero-order valence-electron chi connectivity index (χ0n) is 13.5. The first-order valence-corrected chi connectivity index (χ1v) is 6.86. The first-order chi connectivity index (χ1) is 9.96. The predicted molar refractivity (Wildman–Crippen MR) is 81.5 cm³/mol. The molecule has 122 valence electrons. The third-order valence-corrected chi connectivity index (χ3v) is 2.74. The summed E-state index contributed by atoms with van der Waals surface area (Å²) in [5.74, 6) is -0.342. The molecule has 0 aliphatic heterocycles. The van der Waals surface area contributed by atoms with Gasteiger partial charge in [0.15, 0.2) is 5.60 Å². The summed E-state index contributed by atoms with van der Waals surface area (Å²) in [6.45, 7) is 8.39. The van der Waals surface area contributed by atoms with Crippen molar-refractivity contribution >= 4 is 11.7 Å². The Morgan fingerprint density at radius 3 is 2.32 bits per heavy atom. The van der Waals surface area contributed by atoms with E-state index in [1.807, 2.05) is 0 Å². The molecule has 0 heterocycles. The number of nitro groups is 1. The summed E-state index contributed by atoms with van der Waals surface area (Å²) < 4.78 is 10.9. The highest BCUT2D eigenvalue weighted by atomic mass is 16.6. The van der Waals surface area contributed by atoms with Gasteiger partial charge in [0.1, 0.15) is 11.4 Å². The molecule has 7 nitrogen and oxygen atoms in total. The number of esters is 1. The monoisotopic (exact) mass is 310 g/mol. The highest BCUT2D eigenvalue weighted by molar-refractivity contribution is 5.79. The molecule has 0 aromatic heterocycles. The van der Waals surface area contributed by atoms with Crippen LogP contribution in [-0.4, -0.2) is 22.1 Å². The maximum absolute atomic E-state index is 12.1. The van der Waals surface area contributed by atoms with Crippen molar-refractivity contribution in [3.8, 4) is 5.75 Å². The van der Waals surface area contributed by atoms with E-state index in [0.717, 1.165) is 0 Å². The van der Waals surface area contributed by atoms with E-state index in [4.69, 9.17) is 15.2 Å². The summed E-state index contributed by atoms with van der Waals surface area (Å²) in [5.41, 5.74) is 3.80. The van der Waals surface area contributed by atoms with Crippen LogP contribution >= 0.6 is 0 Å². The normalized spacial score (nSPS) is 11.9. The minimum absolute atomic E-state index is 0.0477. The Kier molecular flexibility index (Phi) is 5.13. The summed E-state index contributed by atoms with van der Waals surface area (Å²) in [6.07, 6.45) is 0. The zero-order chi connectivity index (χ0) is 17.1. The van der Waals surface area contributed by atoms with Crippen LogP contribution in [0.4, 0.5) is 5.69 Å². The van der Waals surface area contributed by atoms with Crippen molar-refractivity contribution in [2.75, 3.05) is 0 Å². The molecule has 0 fully saturated rings. The van der Waals surface area contributed by atoms with Crippen LogP contribution in [0.25, 0.3) is 0 Å². The van der Waals surface area contributed by atoms with E-state index in [-0.39, 0.29) is 18.0 Å². The fraction of sp³-hybridized carbons (Fsp3) is 0.533. The van der Waals surface area contributed by atoms with E-state index >= 15 is 0 Å². The van der Waals surface area contributed by atoms with Crippen LogP contribution in [0, 0.1) is 10.1 Å². The number of benzene rings is 1. The number of nitrogens with two attached hydrogens (primary N) is 1. The summed E-state index contributed by atoms with van der Waals surface area (Å²) in [4.78, 5) is 22.6. The molecule has 0 radical (unpaired) electrons. The lowest BCUT2D eigenvalue weighted by molar-refractivity contribution is -0.385. The number of carbonyl (C=O) groups excluding carboxylic acids is 1. The molecule has 0 bridgehead atoms. The number of nitrogens with zero attached hydrogens (tertiary/aromatic N) is 1. The first kappa shape index (κ1) is 17.9. The second-order valence-corrected chi connectivity index (χ2v) is 6.37. The highest BCUT2D eigenvalue weighted by Gasteiger charge is 2.35. The van der Waals surface area contributed by atoms with Gasteiger partial charge in [0, 0.05) is 12.1 Å². The van der Waals surface area contributed by atoms with E-state index in [0.29, 0.717) is 5.56 Å². The molecular weight excluding hydrogens is 288 g/mol. The highest BCUT2D eigenvalue weighted by Crippen LogP contribution is 2.28. The molecular formula is C15H22N2O5. The van der Waals surface area contributed by atoms with Crippen molar-refractivity contribution in [3.05, 3.63) is 33.9 Å². The molecule has 0 saturated heterocycles.